The van der Waals surface area contributed by atoms with E-state index >= 15 is 0 Å². The summed E-state index contributed by atoms with van der Waals surface area (Å²) >= 11 is 0. The number of benzene rings is 2. The van der Waals surface area contributed by atoms with Crippen molar-refractivity contribution in [3.63, 3.8) is 0 Å². The maximum atomic E-state index is 14.9. The highest BCUT2D eigenvalue weighted by molar-refractivity contribution is 6.12. The Balaban J connectivity index is 1.12. The number of unbranched alkanes of at least 4 members (excludes halogenated alkanes) is 1. The van der Waals surface area contributed by atoms with Gasteiger partial charge in [0.25, 0.3) is 11.8 Å². The molecule has 0 bridgehead atoms. The van der Waals surface area contributed by atoms with E-state index in [0.29, 0.717) is 76.0 Å². The highest BCUT2D eigenvalue weighted by Crippen LogP contribution is 2.30. The van der Waals surface area contributed by atoms with Gasteiger partial charge in [-0.1, -0.05) is 116 Å². The molecule has 3 aliphatic heterocycles. The molecule has 2 saturated heterocycles. The van der Waals surface area contributed by atoms with Gasteiger partial charge in [-0.2, -0.15) is 0 Å². The molecule has 530 valence electrons. The van der Waals surface area contributed by atoms with Gasteiger partial charge in [0.15, 0.2) is 0 Å². The number of amides is 12. The Hall–Kier alpha value is -8.14. The number of hydrogen-bond donors (Lipinski definition) is 7. The van der Waals surface area contributed by atoms with E-state index in [1.54, 1.807) is 101 Å². The standard InChI is InChI=1S/C69H104N12O15/c1-13-45(6)63(52(95-11)38-59(88)80-32-22-27-51(80)65(96-12)46(7)66(91)73-47(8)64(90)49-25-18-15-19-26-49)77(10)69(94)61(43(2)3)75-68(93)62(44(4)5)76(9)60(89)41-72-67(92)50(37-48-23-16-14-17-24-48)74-54(83)40-70-53(82)39-71-55(84)42-78-33-35-79(36-34-78)56(85)28-20-21-31-81-57(86)29-30-58(81)87/h14-19,23-26,29-30,43-47,50-52,61-65,90H,13,20-22,27-28,31-42H2,1-12H3,(H,70,82)(H,71,84)(H,72,92)(H,73,91)(H,74,83)(H,75,93)/t45-,46+,47+,50-,51+,52+,61-,62-,63-,64+,65+/m0/s1. The van der Waals surface area contributed by atoms with Crippen molar-refractivity contribution in [2.75, 3.05) is 93.8 Å². The lowest BCUT2D eigenvalue weighted by Crippen LogP contribution is -2.61. The van der Waals surface area contributed by atoms with Crippen molar-refractivity contribution < 1.29 is 72.1 Å². The van der Waals surface area contributed by atoms with Gasteiger partial charge in [-0.25, -0.2) is 0 Å². The second kappa shape index (κ2) is 38.6. The number of hydrogen-bond acceptors (Lipinski definition) is 16. The topological polar surface area (TPSA) is 335 Å². The minimum absolute atomic E-state index is 0.00539. The monoisotopic (exact) mass is 1340 g/mol. The quantitative estimate of drug-likeness (QED) is 0.0368. The van der Waals surface area contributed by atoms with E-state index in [1.807, 2.05) is 36.9 Å². The van der Waals surface area contributed by atoms with Crippen LogP contribution in [0, 0.1) is 23.7 Å². The SMILES string of the molecule is CC[C@H](C)[C@@H]([C@@H](CC(=O)N1CCC[C@@H]1[C@H](OC)[C@@H](C)C(=O)N[C@H](C)[C@@H](O)c1ccccc1)OC)N(C)C(=O)[C@@H](NC(=O)[C@H](C(C)C)N(C)C(=O)CNC(=O)[C@H](Cc1ccccc1)NC(=O)CNC(=O)CNC(=O)CN1CCN(C(=O)CCCCN2C(=O)C=CC2=O)CC1)C(C)C. The van der Waals surface area contributed by atoms with E-state index in [0.717, 1.165) is 4.90 Å². The Kier molecular flexibility index (Phi) is 31.6. The third-order valence-corrected chi connectivity index (χ3v) is 18.4. The second-order valence-electron chi connectivity index (χ2n) is 26.0. The zero-order chi connectivity index (χ0) is 70.9. The first kappa shape index (κ1) is 78.6. The fourth-order valence-electron chi connectivity index (χ4n) is 12.6. The molecule has 0 aliphatic carbocycles. The molecule has 96 heavy (non-hydrogen) atoms. The van der Waals surface area contributed by atoms with Gasteiger partial charge in [0.2, 0.25) is 59.1 Å². The molecule has 2 aromatic rings. The first-order valence-corrected chi connectivity index (χ1v) is 33.5. The van der Waals surface area contributed by atoms with Gasteiger partial charge in [-0.3, -0.25) is 67.3 Å². The summed E-state index contributed by atoms with van der Waals surface area (Å²) in [4.78, 5) is 170. The number of aliphatic hydroxyl groups is 1. The molecule has 0 spiro atoms. The number of carbonyl (C=O) groups is 12. The average Bonchev–Trinajstić information content (AvgIpc) is 1.35. The molecule has 11 atom stereocenters. The molecule has 2 fully saturated rings. The molecular weight excluding hydrogens is 1240 g/mol. The second-order valence-corrected chi connectivity index (χ2v) is 26.0. The molecule has 27 heteroatoms. The predicted molar refractivity (Wildman–Crippen MR) is 357 cm³/mol. The first-order valence-electron chi connectivity index (χ1n) is 33.5. The van der Waals surface area contributed by atoms with E-state index in [4.69, 9.17) is 9.47 Å². The molecule has 0 saturated carbocycles. The summed E-state index contributed by atoms with van der Waals surface area (Å²) in [5.41, 5.74) is 1.34. The summed E-state index contributed by atoms with van der Waals surface area (Å²) in [6.07, 6.45) is 3.05. The number of nitrogens with zero attached hydrogens (tertiary/aromatic N) is 6. The molecule has 2 aromatic carbocycles. The largest absolute Gasteiger partial charge is 0.386 e. The Labute approximate surface area is 564 Å². The molecule has 0 aromatic heterocycles. The van der Waals surface area contributed by atoms with Crippen molar-refractivity contribution in [3.05, 3.63) is 83.9 Å². The Bertz CT molecular complexity index is 2980. The number of rotatable bonds is 37. The van der Waals surface area contributed by atoms with Crippen LogP contribution >= 0.6 is 0 Å². The fourth-order valence-corrected chi connectivity index (χ4v) is 12.6. The number of piperazine rings is 1. The molecule has 7 N–H and O–H groups in total. The van der Waals surface area contributed by atoms with Gasteiger partial charge >= 0.3 is 0 Å². The van der Waals surface area contributed by atoms with Crippen LogP contribution in [0.4, 0.5) is 0 Å². The minimum Gasteiger partial charge on any atom is -0.386 e. The Morgan fingerprint density at radius 3 is 1.86 bits per heavy atom. The lowest BCUT2D eigenvalue weighted by atomic mass is 9.89. The van der Waals surface area contributed by atoms with Crippen LogP contribution in [0.1, 0.15) is 118 Å². The van der Waals surface area contributed by atoms with Gasteiger partial charge in [0, 0.05) is 92.6 Å². The number of likely N-dealkylation sites (tertiary alicyclic amines) is 1. The summed E-state index contributed by atoms with van der Waals surface area (Å²) in [5.74, 6) is -7.49. The predicted octanol–water partition coefficient (Wildman–Crippen LogP) is 1.08. The first-order chi connectivity index (χ1) is 45.6. The molecule has 5 rings (SSSR count). The van der Waals surface area contributed by atoms with E-state index in [2.05, 4.69) is 31.9 Å². The van der Waals surface area contributed by atoms with Crippen LogP contribution in [-0.2, 0) is 73.4 Å². The average molecular weight is 1340 g/mol. The third kappa shape index (κ3) is 22.7. The van der Waals surface area contributed by atoms with Crippen molar-refractivity contribution in [2.24, 2.45) is 23.7 Å². The Morgan fingerprint density at radius 1 is 0.656 bits per heavy atom. The number of methoxy groups -OCH3 is 2. The zero-order valence-corrected chi connectivity index (χ0v) is 58.0. The molecule has 0 radical (unpaired) electrons. The number of nitrogens with one attached hydrogen (secondary N) is 6. The number of carbonyl (C=O) groups excluding carboxylic acids is 12. The molecular formula is C69H104N12O15. The van der Waals surface area contributed by atoms with Gasteiger partial charge in [0.1, 0.15) is 18.1 Å². The van der Waals surface area contributed by atoms with E-state index in [-0.39, 0.29) is 67.8 Å². The molecule has 3 heterocycles. The number of aliphatic hydroxyl groups excluding tert-OH is 1. The van der Waals surface area contributed by atoms with E-state index in [1.165, 1.54) is 43.2 Å². The summed E-state index contributed by atoms with van der Waals surface area (Å²) in [6.45, 7) is 15.1. The Morgan fingerprint density at radius 2 is 1.27 bits per heavy atom. The normalized spacial score (nSPS) is 18.1. The highest BCUT2D eigenvalue weighted by atomic mass is 16.5. The van der Waals surface area contributed by atoms with Crippen molar-refractivity contribution in [3.8, 4) is 0 Å². The lowest BCUT2D eigenvalue weighted by molar-refractivity contribution is -0.148. The highest BCUT2D eigenvalue weighted by Gasteiger charge is 2.44. The van der Waals surface area contributed by atoms with Crippen LogP contribution in [0.2, 0.25) is 0 Å². The van der Waals surface area contributed by atoms with Crippen LogP contribution in [-0.4, -0.2) is 248 Å². The van der Waals surface area contributed by atoms with Gasteiger partial charge in [-0.05, 0) is 61.5 Å². The third-order valence-electron chi connectivity index (χ3n) is 18.4. The maximum absolute atomic E-state index is 14.9. The van der Waals surface area contributed by atoms with Crippen molar-refractivity contribution in [1.29, 1.82) is 0 Å². The van der Waals surface area contributed by atoms with E-state index in [9.17, 15) is 62.6 Å². The van der Waals surface area contributed by atoms with E-state index < -0.39 is 133 Å². The zero-order valence-electron chi connectivity index (χ0n) is 58.0. The summed E-state index contributed by atoms with van der Waals surface area (Å²) in [5, 5.41) is 27.0. The number of imide groups is 1. The molecule has 12 amide bonds. The fraction of sp³-hybridized carbons (Fsp3) is 0.623. The van der Waals surface area contributed by atoms with Gasteiger partial charge < -0.3 is 66.1 Å². The molecule has 27 nitrogen and oxygen atoms in total. The molecule has 3 aliphatic rings. The number of likely N-dealkylation sites (N-methyl/N-ethyl adjacent to an activating group) is 2. The van der Waals surface area contributed by atoms with Crippen LogP contribution in [0.25, 0.3) is 0 Å². The summed E-state index contributed by atoms with van der Waals surface area (Å²) in [6, 6.07) is 12.7. The summed E-state index contributed by atoms with van der Waals surface area (Å²) in [7, 11) is 6.03. The van der Waals surface area contributed by atoms with Crippen molar-refractivity contribution >= 4 is 70.9 Å². The van der Waals surface area contributed by atoms with Crippen LogP contribution < -0.4 is 31.9 Å². The lowest BCUT2D eigenvalue weighted by Gasteiger charge is -2.41. The van der Waals surface area contributed by atoms with Crippen LogP contribution in [0.5, 0.6) is 0 Å². The smallest absolute Gasteiger partial charge is 0.253 e. The number of ether oxygens (including phenoxy) is 2. The maximum Gasteiger partial charge on any atom is 0.253 e. The van der Waals surface area contributed by atoms with Crippen molar-refractivity contribution in [1.82, 2.24) is 61.3 Å². The molecule has 0 unspecified atom stereocenters. The minimum atomic E-state index is -1.22. The van der Waals surface area contributed by atoms with Gasteiger partial charge in [-0.15, -0.1) is 0 Å². The summed E-state index contributed by atoms with van der Waals surface area (Å²) < 4.78 is 12.1. The van der Waals surface area contributed by atoms with Gasteiger partial charge in [0.05, 0.1) is 75.0 Å². The van der Waals surface area contributed by atoms with Crippen LogP contribution in [0.15, 0.2) is 72.8 Å². The van der Waals surface area contributed by atoms with Crippen molar-refractivity contribution in [2.45, 2.75) is 161 Å². The van der Waals surface area contributed by atoms with Crippen LogP contribution in [0.3, 0.4) is 0 Å².